The molecule has 0 saturated heterocycles. The van der Waals surface area contributed by atoms with Gasteiger partial charge in [0.2, 0.25) is 0 Å². The van der Waals surface area contributed by atoms with Crippen LogP contribution in [0.4, 0.5) is 13.2 Å². The largest absolute Gasteiger partial charge is 0.416 e. The zero-order chi connectivity index (χ0) is 20.7. The van der Waals surface area contributed by atoms with Gasteiger partial charge in [0.25, 0.3) is 5.91 Å². The first-order valence-electron chi connectivity index (χ1n) is 8.05. The standard InChI is InChI=1S/C18H16BrClF3N3OS/c19-14-6-4-12(5-7-14)16(27)25-26-17(28)24-10-15(20)9-11-2-1-3-13(8-11)18(21,22)23/h1-8,15H,9-10H2,(H,25,27)(H2,24,26,28)/t15-/m0/s1. The van der Waals surface area contributed by atoms with Gasteiger partial charge in [-0.05, 0) is 54.5 Å². The lowest BCUT2D eigenvalue weighted by Gasteiger charge is -2.15. The van der Waals surface area contributed by atoms with Crippen LogP contribution in [0.5, 0.6) is 0 Å². The Bertz CT molecular complexity index is 834. The summed E-state index contributed by atoms with van der Waals surface area (Å²) in [6.45, 7) is 0.206. The number of rotatable bonds is 5. The van der Waals surface area contributed by atoms with Gasteiger partial charge in [-0.1, -0.05) is 34.1 Å². The third-order valence-electron chi connectivity index (χ3n) is 3.59. The quantitative estimate of drug-likeness (QED) is 0.327. The Labute approximate surface area is 178 Å². The molecule has 150 valence electrons. The van der Waals surface area contributed by atoms with Gasteiger partial charge < -0.3 is 5.32 Å². The first-order valence-corrected chi connectivity index (χ1v) is 9.69. The molecule has 2 rings (SSSR count). The smallest absolute Gasteiger partial charge is 0.360 e. The van der Waals surface area contributed by atoms with Crippen molar-refractivity contribution in [2.75, 3.05) is 6.54 Å². The summed E-state index contributed by atoms with van der Waals surface area (Å²) in [6, 6.07) is 11.8. The molecule has 0 aliphatic rings. The van der Waals surface area contributed by atoms with E-state index in [4.69, 9.17) is 23.8 Å². The Morgan fingerprint density at radius 2 is 1.82 bits per heavy atom. The lowest BCUT2D eigenvalue weighted by atomic mass is 10.1. The fourth-order valence-electron chi connectivity index (χ4n) is 2.24. The predicted molar refractivity (Wildman–Crippen MR) is 110 cm³/mol. The number of benzene rings is 2. The molecule has 28 heavy (non-hydrogen) atoms. The highest BCUT2D eigenvalue weighted by Crippen LogP contribution is 2.29. The van der Waals surface area contributed by atoms with E-state index in [0.29, 0.717) is 11.1 Å². The molecule has 0 heterocycles. The number of halogens is 5. The fourth-order valence-corrected chi connectivity index (χ4v) is 2.89. The Morgan fingerprint density at radius 3 is 2.46 bits per heavy atom. The molecule has 1 atom stereocenters. The van der Waals surface area contributed by atoms with E-state index in [0.717, 1.165) is 16.6 Å². The molecule has 0 spiro atoms. The van der Waals surface area contributed by atoms with Gasteiger partial charge in [0.15, 0.2) is 5.11 Å². The average molecular weight is 495 g/mol. The minimum atomic E-state index is -4.39. The lowest BCUT2D eigenvalue weighted by Crippen LogP contribution is -2.48. The van der Waals surface area contributed by atoms with E-state index in [1.54, 1.807) is 30.3 Å². The van der Waals surface area contributed by atoms with Gasteiger partial charge in [-0.25, -0.2) is 0 Å². The number of alkyl halides is 4. The number of amides is 1. The predicted octanol–water partition coefficient (Wildman–Crippen LogP) is 4.43. The number of hydrogen-bond donors (Lipinski definition) is 3. The SMILES string of the molecule is O=C(NNC(=S)NC[C@@H](Cl)Cc1cccc(C(F)(F)F)c1)c1ccc(Br)cc1. The molecular weight excluding hydrogens is 479 g/mol. The van der Waals surface area contributed by atoms with Crippen LogP contribution in [0.2, 0.25) is 0 Å². The lowest BCUT2D eigenvalue weighted by molar-refractivity contribution is -0.137. The van der Waals surface area contributed by atoms with E-state index in [9.17, 15) is 18.0 Å². The number of carbonyl (C=O) groups excluding carboxylic acids is 1. The van der Waals surface area contributed by atoms with Crippen LogP contribution in [0.1, 0.15) is 21.5 Å². The van der Waals surface area contributed by atoms with Crippen LogP contribution < -0.4 is 16.2 Å². The van der Waals surface area contributed by atoms with Crippen LogP contribution in [-0.2, 0) is 12.6 Å². The highest BCUT2D eigenvalue weighted by molar-refractivity contribution is 9.10. The topological polar surface area (TPSA) is 53.2 Å². The fraction of sp³-hybridized carbons (Fsp3) is 0.222. The second-order valence-corrected chi connectivity index (χ2v) is 7.74. The van der Waals surface area contributed by atoms with Gasteiger partial charge in [-0.15, -0.1) is 11.6 Å². The van der Waals surface area contributed by atoms with E-state index in [1.165, 1.54) is 6.07 Å². The molecule has 0 aliphatic heterocycles. The highest BCUT2D eigenvalue weighted by atomic mass is 79.9. The number of hydrogen-bond acceptors (Lipinski definition) is 2. The summed E-state index contributed by atoms with van der Waals surface area (Å²) < 4.78 is 39.1. The first kappa shape index (κ1) is 22.4. The maximum atomic E-state index is 12.7. The monoisotopic (exact) mass is 493 g/mol. The number of thiocarbonyl (C=S) groups is 1. The van der Waals surface area contributed by atoms with Crippen molar-refractivity contribution >= 4 is 50.8 Å². The van der Waals surface area contributed by atoms with Gasteiger partial charge in [0, 0.05) is 16.6 Å². The zero-order valence-corrected chi connectivity index (χ0v) is 17.5. The molecule has 10 heteroatoms. The summed E-state index contributed by atoms with van der Waals surface area (Å²) in [7, 11) is 0. The maximum absolute atomic E-state index is 12.7. The van der Waals surface area contributed by atoms with Crippen LogP contribution in [-0.4, -0.2) is 22.9 Å². The molecule has 0 unspecified atom stereocenters. The summed E-state index contributed by atoms with van der Waals surface area (Å²) in [5.74, 6) is -0.372. The third kappa shape index (κ3) is 7.29. The van der Waals surface area contributed by atoms with Gasteiger partial charge >= 0.3 is 6.18 Å². The Kier molecular flexibility index (Phi) is 8.09. The van der Waals surface area contributed by atoms with Crippen molar-refractivity contribution in [2.24, 2.45) is 0 Å². The van der Waals surface area contributed by atoms with Gasteiger partial charge in [0.1, 0.15) is 0 Å². The summed E-state index contributed by atoms with van der Waals surface area (Å²) >= 11 is 14.5. The van der Waals surface area contributed by atoms with E-state index >= 15 is 0 Å². The van der Waals surface area contributed by atoms with E-state index in [-0.39, 0.29) is 24.0 Å². The normalized spacial score (nSPS) is 12.2. The second-order valence-electron chi connectivity index (χ2n) is 5.80. The molecule has 0 aliphatic carbocycles. The summed E-state index contributed by atoms with van der Waals surface area (Å²) in [5, 5.41) is 2.45. The van der Waals surface area contributed by atoms with Crippen LogP contribution in [0.3, 0.4) is 0 Å². The second kappa shape index (κ2) is 10.1. The van der Waals surface area contributed by atoms with Gasteiger partial charge in [-0.3, -0.25) is 15.6 Å². The minimum Gasteiger partial charge on any atom is -0.360 e. The molecule has 0 saturated carbocycles. The summed E-state index contributed by atoms with van der Waals surface area (Å²) in [4.78, 5) is 12.0. The summed E-state index contributed by atoms with van der Waals surface area (Å²) in [6.07, 6.45) is -4.17. The highest BCUT2D eigenvalue weighted by Gasteiger charge is 2.30. The number of hydrazine groups is 1. The zero-order valence-electron chi connectivity index (χ0n) is 14.3. The molecular formula is C18H16BrClF3N3OS. The number of nitrogens with one attached hydrogen (secondary N) is 3. The van der Waals surface area contributed by atoms with Crippen molar-refractivity contribution < 1.29 is 18.0 Å². The van der Waals surface area contributed by atoms with E-state index in [1.807, 2.05) is 0 Å². The van der Waals surface area contributed by atoms with Gasteiger partial charge in [-0.2, -0.15) is 13.2 Å². The molecule has 0 bridgehead atoms. The van der Waals surface area contributed by atoms with Crippen LogP contribution in [0, 0.1) is 0 Å². The van der Waals surface area contributed by atoms with Crippen molar-refractivity contribution in [3.63, 3.8) is 0 Å². The average Bonchev–Trinajstić information content (AvgIpc) is 2.64. The van der Waals surface area contributed by atoms with Crippen molar-refractivity contribution in [3.8, 4) is 0 Å². The minimum absolute atomic E-state index is 0.139. The van der Waals surface area contributed by atoms with Crippen molar-refractivity contribution in [3.05, 3.63) is 69.7 Å². The van der Waals surface area contributed by atoms with Crippen LogP contribution in [0.25, 0.3) is 0 Å². The maximum Gasteiger partial charge on any atom is 0.416 e. The molecule has 0 fully saturated rings. The summed E-state index contributed by atoms with van der Waals surface area (Å²) in [5.41, 5.74) is 5.19. The van der Waals surface area contributed by atoms with E-state index in [2.05, 4.69) is 32.1 Å². The molecule has 0 aromatic heterocycles. The molecule has 0 radical (unpaired) electrons. The molecule has 1 amide bonds. The Hall–Kier alpha value is -1.84. The third-order valence-corrected chi connectivity index (χ3v) is 4.68. The molecule has 2 aromatic carbocycles. The molecule has 2 aromatic rings. The van der Waals surface area contributed by atoms with Crippen molar-refractivity contribution in [1.82, 2.24) is 16.2 Å². The number of carbonyl (C=O) groups is 1. The van der Waals surface area contributed by atoms with Crippen LogP contribution >= 0.6 is 39.7 Å². The van der Waals surface area contributed by atoms with Crippen molar-refractivity contribution in [1.29, 1.82) is 0 Å². The van der Waals surface area contributed by atoms with Gasteiger partial charge in [0.05, 0.1) is 10.9 Å². The Balaban J connectivity index is 1.76. The van der Waals surface area contributed by atoms with Crippen molar-refractivity contribution in [2.45, 2.75) is 18.0 Å². The molecule has 4 nitrogen and oxygen atoms in total. The first-order chi connectivity index (χ1) is 13.1. The molecule has 3 N–H and O–H groups in total. The van der Waals surface area contributed by atoms with Crippen LogP contribution in [0.15, 0.2) is 53.0 Å². The Morgan fingerprint density at radius 1 is 1.14 bits per heavy atom. The van der Waals surface area contributed by atoms with E-state index < -0.39 is 17.1 Å².